The highest BCUT2D eigenvalue weighted by Gasteiger charge is 2.16. The summed E-state index contributed by atoms with van der Waals surface area (Å²) in [6.07, 6.45) is 0. The van der Waals surface area contributed by atoms with Crippen molar-refractivity contribution in [3.63, 3.8) is 0 Å². The molecular weight excluding hydrogens is 185 g/mol. The van der Waals surface area contributed by atoms with Gasteiger partial charge in [0.25, 0.3) is 0 Å². The number of halogens is 1. The number of carboxylic acid groups (broad SMARTS) is 1. The minimum atomic E-state index is -0.906. The van der Waals surface area contributed by atoms with E-state index in [4.69, 9.17) is 5.11 Å². The summed E-state index contributed by atoms with van der Waals surface area (Å²) in [5.74, 6) is -1.23. The van der Waals surface area contributed by atoms with Crippen LogP contribution in [-0.2, 0) is 4.79 Å². The number of nitrogens with zero attached hydrogens (tertiary/aromatic N) is 1. The molecule has 0 unspecified atom stereocenters. The van der Waals surface area contributed by atoms with E-state index < -0.39 is 12.0 Å². The van der Waals surface area contributed by atoms with E-state index in [0.29, 0.717) is 5.69 Å². The predicted octanol–water partition coefficient (Wildman–Crippen LogP) is 1.74. The van der Waals surface area contributed by atoms with Crippen LogP contribution in [0.2, 0.25) is 0 Å². The van der Waals surface area contributed by atoms with Crippen LogP contribution in [0.25, 0.3) is 0 Å². The maximum Gasteiger partial charge on any atom is 0.326 e. The van der Waals surface area contributed by atoms with Crippen molar-refractivity contribution in [1.29, 1.82) is 0 Å². The molecule has 0 aromatic heterocycles. The number of carboxylic acids is 1. The van der Waals surface area contributed by atoms with Crippen molar-refractivity contribution in [3.05, 3.63) is 30.1 Å². The zero-order chi connectivity index (χ0) is 10.7. The van der Waals surface area contributed by atoms with E-state index in [1.807, 2.05) is 0 Å². The zero-order valence-corrected chi connectivity index (χ0v) is 8.07. The molecule has 0 spiro atoms. The standard InChI is InChI=1S/C10H12FNO2/c1-7(10(13)14)12(2)9-5-3-8(11)4-6-9/h3-7H,1-2H3,(H,13,14)/t7-/m1/s1. The minimum absolute atomic E-state index is 0.329. The first-order valence-electron chi connectivity index (χ1n) is 4.23. The van der Waals surface area contributed by atoms with Crippen LogP contribution < -0.4 is 4.90 Å². The summed E-state index contributed by atoms with van der Waals surface area (Å²) in [6, 6.07) is 5.09. The topological polar surface area (TPSA) is 40.5 Å². The maximum absolute atomic E-state index is 12.6. The second-order valence-corrected chi connectivity index (χ2v) is 3.10. The van der Waals surface area contributed by atoms with Gasteiger partial charge in [0.05, 0.1) is 0 Å². The van der Waals surface area contributed by atoms with Crippen molar-refractivity contribution in [3.8, 4) is 0 Å². The summed E-state index contributed by atoms with van der Waals surface area (Å²) in [5, 5.41) is 8.75. The molecule has 0 amide bonds. The lowest BCUT2D eigenvalue weighted by molar-refractivity contribution is -0.138. The molecule has 0 saturated heterocycles. The van der Waals surface area contributed by atoms with Gasteiger partial charge in [0, 0.05) is 12.7 Å². The number of aliphatic carboxylic acids is 1. The minimum Gasteiger partial charge on any atom is -0.480 e. The molecule has 0 saturated carbocycles. The third kappa shape index (κ3) is 2.22. The highest BCUT2D eigenvalue weighted by Crippen LogP contribution is 2.15. The van der Waals surface area contributed by atoms with Crippen molar-refractivity contribution in [2.24, 2.45) is 0 Å². The first-order valence-corrected chi connectivity index (χ1v) is 4.23. The molecule has 0 aliphatic rings. The van der Waals surface area contributed by atoms with E-state index >= 15 is 0 Å². The largest absolute Gasteiger partial charge is 0.480 e. The molecule has 1 rings (SSSR count). The van der Waals surface area contributed by atoms with Gasteiger partial charge < -0.3 is 10.0 Å². The molecule has 3 nitrogen and oxygen atoms in total. The lowest BCUT2D eigenvalue weighted by Crippen LogP contribution is -2.35. The van der Waals surface area contributed by atoms with E-state index in [0.717, 1.165) is 0 Å². The van der Waals surface area contributed by atoms with Gasteiger partial charge >= 0.3 is 5.97 Å². The van der Waals surface area contributed by atoms with Gasteiger partial charge in [0.15, 0.2) is 0 Å². The average molecular weight is 197 g/mol. The van der Waals surface area contributed by atoms with Gasteiger partial charge in [-0.25, -0.2) is 9.18 Å². The Hall–Kier alpha value is -1.58. The number of rotatable bonds is 3. The Morgan fingerprint density at radius 3 is 2.36 bits per heavy atom. The summed E-state index contributed by atoms with van der Waals surface area (Å²) in [7, 11) is 1.66. The summed E-state index contributed by atoms with van der Waals surface area (Å²) in [6.45, 7) is 1.58. The van der Waals surface area contributed by atoms with Gasteiger partial charge in [-0.3, -0.25) is 0 Å². The Bertz CT molecular complexity index is 323. The molecular formula is C10H12FNO2. The Labute approximate surface area is 81.8 Å². The first kappa shape index (κ1) is 10.5. The summed E-state index contributed by atoms with van der Waals surface area (Å²) in [4.78, 5) is 12.2. The monoisotopic (exact) mass is 197 g/mol. The second-order valence-electron chi connectivity index (χ2n) is 3.10. The van der Waals surface area contributed by atoms with E-state index in [1.54, 1.807) is 31.0 Å². The van der Waals surface area contributed by atoms with E-state index in [9.17, 15) is 9.18 Å². The highest BCUT2D eigenvalue weighted by atomic mass is 19.1. The lowest BCUT2D eigenvalue weighted by Gasteiger charge is -2.23. The molecule has 76 valence electrons. The van der Waals surface area contributed by atoms with Crippen LogP contribution in [0, 0.1) is 5.82 Å². The SMILES string of the molecule is C[C@H](C(=O)O)N(C)c1ccc(F)cc1. The fourth-order valence-corrected chi connectivity index (χ4v) is 1.07. The predicted molar refractivity (Wildman–Crippen MR) is 51.9 cm³/mol. The molecule has 0 aliphatic heterocycles. The molecule has 0 aliphatic carbocycles. The second kappa shape index (κ2) is 4.09. The Morgan fingerprint density at radius 2 is 1.93 bits per heavy atom. The van der Waals surface area contributed by atoms with E-state index in [2.05, 4.69) is 0 Å². The fourth-order valence-electron chi connectivity index (χ4n) is 1.07. The number of likely N-dealkylation sites (N-methyl/N-ethyl adjacent to an activating group) is 1. The molecule has 1 aromatic rings. The van der Waals surface area contributed by atoms with Crippen molar-refractivity contribution < 1.29 is 14.3 Å². The van der Waals surface area contributed by atoms with Gasteiger partial charge in [-0.2, -0.15) is 0 Å². The highest BCUT2D eigenvalue weighted by molar-refractivity contribution is 5.77. The van der Waals surface area contributed by atoms with Crippen LogP contribution in [-0.4, -0.2) is 24.2 Å². The summed E-state index contributed by atoms with van der Waals surface area (Å²) < 4.78 is 12.6. The summed E-state index contributed by atoms with van der Waals surface area (Å²) in [5.41, 5.74) is 0.682. The summed E-state index contributed by atoms with van der Waals surface area (Å²) >= 11 is 0. The Kier molecular flexibility index (Phi) is 3.06. The Balaban J connectivity index is 2.84. The molecule has 0 fully saturated rings. The number of hydrogen-bond acceptors (Lipinski definition) is 2. The zero-order valence-electron chi connectivity index (χ0n) is 8.07. The van der Waals surface area contributed by atoms with Crippen LogP contribution in [0.3, 0.4) is 0 Å². The third-order valence-corrected chi connectivity index (χ3v) is 2.17. The fraction of sp³-hybridized carbons (Fsp3) is 0.300. The molecule has 0 radical (unpaired) electrons. The molecule has 1 atom stereocenters. The quantitative estimate of drug-likeness (QED) is 0.802. The smallest absolute Gasteiger partial charge is 0.326 e. The van der Waals surface area contributed by atoms with Crippen molar-refractivity contribution in [2.75, 3.05) is 11.9 Å². The molecule has 4 heteroatoms. The van der Waals surface area contributed by atoms with Crippen LogP contribution in [0.4, 0.5) is 10.1 Å². The van der Waals surface area contributed by atoms with Gasteiger partial charge in [-0.05, 0) is 31.2 Å². The first-order chi connectivity index (χ1) is 6.52. The number of hydrogen-bond donors (Lipinski definition) is 1. The molecule has 1 aromatic carbocycles. The van der Waals surface area contributed by atoms with Gasteiger partial charge in [-0.1, -0.05) is 0 Å². The Morgan fingerprint density at radius 1 is 1.43 bits per heavy atom. The van der Waals surface area contributed by atoms with E-state index in [1.165, 1.54) is 12.1 Å². The van der Waals surface area contributed by atoms with Crippen LogP contribution in [0.15, 0.2) is 24.3 Å². The van der Waals surface area contributed by atoms with Gasteiger partial charge in [0.1, 0.15) is 11.9 Å². The van der Waals surface area contributed by atoms with Crippen molar-refractivity contribution >= 4 is 11.7 Å². The number of carbonyl (C=O) groups is 1. The van der Waals surface area contributed by atoms with Crippen molar-refractivity contribution in [2.45, 2.75) is 13.0 Å². The van der Waals surface area contributed by atoms with E-state index in [-0.39, 0.29) is 5.82 Å². The lowest BCUT2D eigenvalue weighted by atomic mass is 10.2. The molecule has 14 heavy (non-hydrogen) atoms. The van der Waals surface area contributed by atoms with Gasteiger partial charge in [-0.15, -0.1) is 0 Å². The third-order valence-electron chi connectivity index (χ3n) is 2.17. The van der Waals surface area contributed by atoms with Crippen LogP contribution in [0.1, 0.15) is 6.92 Å². The van der Waals surface area contributed by atoms with Crippen LogP contribution >= 0.6 is 0 Å². The van der Waals surface area contributed by atoms with Crippen molar-refractivity contribution in [1.82, 2.24) is 0 Å². The molecule has 1 N–H and O–H groups in total. The maximum atomic E-state index is 12.6. The molecule has 0 heterocycles. The number of anilines is 1. The van der Waals surface area contributed by atoms with Crippen LogP contribution in [0.5, 0.6) is 0 Å². The average Bonchev–Trinajstić information content (AvgIpc) is 2.16. The molecule has 0 bridgehead atoms. The van der Waals surface area contributed by atoms with Gasteiger partial charge in [0.2, 0.25) is 0 Å². The number of benzene rings is 1. The normalized spacial score (nSPS) is 12.2.